The van der Waals surface area contributed by atoms with Crippen molar-refractivity contribution in [2.24, 2.45) is 0 Å². The van der Waals surface area contributed by atoms with Crippen LogP contribution in [0.1, 0.15) is 11.6 Å². The molecule has 1 aliphatic rings. The van der Waals surface area contributed by atoms with Gasteiger partial charge in [-0.3, -0.25) is 0 Å². The average molecular weight is 284 g/mol. The molecule has 0 radical (unpaired) electrons. The highest BCUT2D eigenvalue weighted by Crippen LogP contribution is 2.38. The van der Waals surface area contributed by atoms with Crippen LogP contribution in [0.4, 0.5) is 18.0 Å². The summed E-state index contributed by atoms with van der Waals surface area (Å²) in [5.74, 6) is -5.35. The zero-order valence-electron chi connectivity index (χ0n) is 8.82. The van der Waals surface area contributed by atoms with Gasteiger partial charge in [-0.2, -0.15) is 0 Å². The summed E-state index contributed by atoms with van der Waals surface area (Å²) in [6.45, 7) is -1.11. The quantitative estimate of drug-likeness (QED) is 0.832. The number of phenols is 1. The molecule has 1 heterocycles. The highest BCUT2D eigenvalue weighted by atomic mass is 35.5. The Hall–Kier alpha value is -1.63. The summed E-state index contributed by atoms with van der Waals surface area (Å²) in [5.41, 5.74) is -0.383. The van der Waals surface area contributed by atoms with Crippen molar-refractivity contribution < 1.29 is 27.8 Å². The van der Waals surface area contributed by atoms with E-state index in [4.69, 9.17) is 0 Å². The Labute approximate surface area is 106 Å². The first-order valence-electron chi connectivity index (χ1n) is 4.70. The van der Waals surface area contributed by atoms with Crippen LogP contribution < -0.4 is 5.32 Å². The first kappa shape index (κ1) is 14.4. The number of ether oxygens (including phenoxy) is 1. The molecule has 1 aliphatic heterocycles. The van der Waals surface area contributed by atoms with Crippen LogP contribution in [0.5, 0.6) is 5.75 Å². The van der Waals surface area contributed by atoms with Gasteiger partial charge in [0.25, 0.3) is 0 Å². The van der Waals surface area contributed by atoms with Crippen LogP contribution in [0.15, 0.2) is 18.2 Å². The van der Waals surface area contributed by atoms with Gasteiger partial charge in [0.15, 0.2) is 18.2 Å². The maximum Gasteiger partial charge on any atom is 0.408 e. The number of rotatable bonds is 1. The fourth-order valence-electron chi connectivity index (χ4n) is 1.58. The first-order chi connectivity index (χ1) is 7.92. The number of hydrogen-bond acceptors (Lipinski definition) is 3. The molecule has 0 saturated carbocycles. The van der Waals surface area contributed by atoms with E-state index in [1.807, 2.05) is 5.32 Å². The lowest BCUT2D eigenvalue weighted by molar-refractivity contribution is -0.104. The Morgan fingerprint density at radius 1 is 1.44 bits per heavy atom. The smallest absolute Gasteiger partial charge is 0.408 e. The molecule has 1 aromatic carbocycles. The number of aromatic hydroxyl groups is 1. The average Bonchev–Trinajstić information content (AvgIpc) is 2.26. The second-order valence-electron chi connectivity index (χ2n) is 3.59. The number of benzene rings is 1. The number of alkyl carbamates (subject to hydrolysis) is 1. The lowest BCUT2D eigenvalue weighted by Crippen LogP contribution is -2.49. The van der Waals surface area contributed by atoms with E-state index in [2.05, 4.69) is 4.74 Å². The molecule has 8 heteroatoms. The lowest BCUT2D eigenvalue weighted by atomic mass is 9.99. The van der Waals surface area contributed by atoms with E-state index < -0.39 is 36.2 Å². The van der Waals surface area contributed by atoms with Crippen LogP contribution in [0.2, 0.25) is 0 Å². The predicted octanol–water partition coefficient (Wildman–Crippen LogP) is 2.37. The molecular formula is C10H9ClF3NO3. The van der Waals surface area contributed by atoms with E-state index >= 15 is 0 Å². The summed E-state index contributed by atoms with van der Waals surface area (Å²) in [6, 6.07) is 1.41. The Morgan fingerprint density at radius 3 is 2.78 bits per heavy atom. The normalized spacial score (nSPS) is 21.5. The second-order valence-corrected chi connectivity index (χ2v) is 3.59. The summed E-state index contributed by atoms with van der Waals surface area (Å²) < 4.78 is 44.1. The predicted molar refractivity (Wildman–Crippen MR) is 57.5 cm³/mol. The van der Waals surface area contributed by atoms with Gasteiger partial charge in [0.1, 0.15) is 6.04 Å². The first-order valence-corrected chi connectivity index (χ1v) is 4.70. The van der Waals surface area contributed by atoms with Crippen molar-refractivity contribution in [2.75, 3.05) is 6.61 Å². The van der Waals surface area contributed by atoms with Crippen molar-refractivity contribution in [3.8, 4) is 5.75 Å². The van der Waals surface area contributed by atoms with Gasteiger partial charge in [-0.25, -0.2) is 18.0 Å². The number of para-hydroxylation sites is 1. The minimum Gasteiger partial charge on any atom is -0.505 e. The van der Waals surface area contributed by atoms with E-state index in [-0.39, 0.29) is 18.0 Å². The van der Waals surface area contributed by atoms with Crippen LogP contribution in [0, 0.1) is 5.82 Å². The lowest BCUT2D eigenvalue weighted by Gasteiger charge is -2.32. The molecule has 0 bridgehead atoms. The van der Waals surface area contributed by atoms with Gasteiger partial charge in [0.2, 0.25) is 0 Å². The molecule has 0 spiro atoms. The van der Waals surface area contributed by atoms with Gasteiger partial charge >= 0.3 is 12.0 Å². The molecule has 1 saturated heterocycles. The largest absolute Gasteiger partial charge is 0.505 e. The van der Waals surface area contributed by atoms with Crippen molar-refractivity contribution in [3.63, 3.8) is 0 Å². The molecule has 0 aromatic heterocycles. The summed E-state index contributed by atoms with van der Waals surface area (Å²) in [7, 11) is 0. The molecule has 1 fully saturated rings. The van der Waals surface area contributed by atoms with Crippen LogP contribution >= 0.6 is 12.4 Å². The molecule has 1 atom stereocenters. The Balaban J connectivity index is 0.00000162. The molecule has 0 unspecified atom stereocenters. The Bertz CT molecular complexity index is 470. The maximum atomic E-state index is 13.5. The van der Waals surface area contributed by atoms with Crippen molar-refractivity contribution >= 4 is 18.5 Å². The topological polar surface area (TPSA) is 58.6 Å². The number of alkyl halides is 2. The van der Waals surface area contributed by atoms with Gasteiger partial charge in [0, 0.05) is 5.56 Å². The number of halogens is 4. The van der Waals surface area contributed by atoms with Crippen molar-refractivity contribution in [1.29, 1.82) is 0 Å². The van der Waals surface area contributed by atoms with Crippen LogP contribution in [-0.2, 0) is 4.74 Å². The summed E-state index contributed by atoms with van der Waals surface area (Å²) in [4.78, 5) is 10.9. The standard InChI is InChI=1S/C10H8F3NO3.ClH/c11-6-3-1-2-5(7(6)15)8-10(12,13)4-17-9(16)14-8;/h1-3,8,15H,4H2,(H,14,16);1H/t8-;/m1./s1. The fraction of sp³-hybridized carbons (Fsp3) is 0.300. The third kappa shape index (κ3) is 2.45. The van der Waals surface area contributed by atoms with Gasteiger partial charge in [0.05, 0.1) is 0 Å². The van der Waals surface area contributed by atoms with E-state index in [1.165, 1.54) is 6.07 Å². The van der Waals surface area contributed by atoms with E-state index in [0.717, 1.165) is 12.1 Å². The third-order valence-corrected chi connectivity index (χ3v) is 2.41. The molecule has 4 nitrogen and oxygen atoms in total. The number of hydrogen-bond donors (Lipinski definition) is 2. The minimum absolute atomic E-state index is 0. The van der Waals surface area contributed by atoms with Gasteiger partial charge in [-0.05, 0) is 6.07 Å². The third-order valence-electron chi connectivity index (χ3n) is 2.41. The fourth-order valence-corrected chi connectivity index (χ4v) is 1.58. The molecule has 1 amide bonds. The second kappa shape index (κ2) is 4.93. The van der Waals surface area contributed by atoms with Crippen molar-refractivity contribution in [1.82, 2.24) is 5.32 Å². The number of phenolic OH excluding ortho intramolecular Hbond substituents is 1. The molecule has 2 rings (SSSR count). The van der Waals surface area contributed by atoms with Crippen molar-refractivity contribution in [3.05, 3.63) is 29.6 Å². The zero-order valence-corrected chi connectivity index (χ0v) is 9.64. The number of carbonyl (C=O) groups is 1. The van der Waals surface area contributed by atoms with E-state index in [1.54, 1.807) is 0 Å². The van der Waals surface area contributed by atoms with Crippen LogP contribution in [0.3, 0.4) is 0 Å². The van der Waals surface area contributed by atoms with Gasteiger partial charge in [-0.15, -0.1) is 12.4 Å². The van der Waals surface area contributed by atoms with Crippen LogP contribution in [0.25, 0.3) is 0 Å². The number of amides is 1. The van der Waals surface area contributed by atoms with E-state index in [0.29, 0.717) is 0 Å². The highest BCUT2D eigenvalue weighted by Gasteiger charge is 2.48. The maximum absolute atomic E-state index is 13.5. The number of carbonyl (C=O) groups excluding carboxylic acids is 1. The SMILES string of the molecule is Cl.O=C1N[C@H](c2cccc(F)c2O)C(F)(F)CO1. The number of cyclic esters (lactones) is 1. The Kier molecular flexibility index (Phi) is 3.95. The molecule has 100 valence electrons. The molecule has 2 N–H and O–H groups in total. The Morgan fingerprint density at radius 2 is 2.11 bits per heavy atom. The van der Waals surface area contributed by atoms with Crippen LogP contribution in [-0.4, -0.2) is 23.7 Å². The summed E-state index contributed by atoms with van der Waals surface area (Å²) in [6.07, 6.45) is -1.04. The van der Waals surface area contributed by atoms with E-state index in [9.17, 15) is 23.1 Å². The summed E-state index contributed by atoms with van der Waals surface area (Å²) >= 11 is 0. The molecule has 18 heavy (non-hydrogen) atoms. The highest BCUT2D eigenvalue weighted by molar-refractivity contribution is 5.85. The van der Waals surface area contributed by atoms with Gasteiger partial charge < -0.3 is 15.2 Å². The zero-order chi connectivity index (χ0) is 12.6. The monoisotopic (exact) mass is 283 g/mol. The molecular weight excluding hydrogens is 275 g/mol. The summed E-state index contributed by atoms with van der Waals surface area (Å²) in [5, 5.41) is 11.2. The number of nitrogens with one attached hydrogen (secondary N) is 1. The van der Waals surface area contributed by atoms with Gasteiger partial charge in [-0.1, -0.05) is 12.1 Å². The molecule has 1 aromatic rings. The molecule has 0 aliphatic carbocycles. The van der Waals surface area contributed by atoms with Crippen molar-refractivity contribution in [2.45, 2.75) is 12.0 Å². The minimum atomic E-state index is -3.42.